The molecule has 1 unspecified atom stereocenters. The molecule has 0 saturated carbocycles. The van der Waals surface area contributed by atoms with Crippen LogP contribution >= 0.6 is 0 Å². The average Bonchev–Trinajstić information content (AvgIpc) is 2.16. The Balaban J connectivity index is 3.32. The zero-order valence-corrected chi connectivity index (χ0v) is 5.74. The van der Waals surface area contributed by atoms with Crippen molar-refractivity contribution in [2.45, 2.75) is 12.7 Å². The molecule has 11 heavy (non-hydrogen) atoms. The smallest absolute Gasteiger partial charge is 0.310 e. The second kappa shape index (κ2) is 3.19. The third-order valence-electron chi connectivity index (χ3n) is 1.28. The van der Waals surface area contributed by atoms with E-state index in [1.54, 1.807) is 6.07 Å². The lowest BCUT2D eigenvalue weighted by Crippen LogP contribution is -2.06. The first-order chi connectivity index (χ1) is 6.80. The molecule has 0 aliphatic heterocycles. The van der Waals surface area contributed by atoms with Gasteiger partial charge in [0, 0.05) is 5.48 Å². The molecule has 0 aliphatic rings. The molecule has 0 saturated heterocycles. The molecule has 58 valence electrons. The molecule has 2 heteroatoms. The number of benzene rings is 1. The van der Waals surface area contributed by atoms with Gasteiger partial charge < -0.3 is 5.11 Å². The lowest BCUT2D eigenvalue weighted by Gasteiger charge is -2.04. The van der Waals surface area contributed by atoms with Gasteiger partial charge in [0.25, 0.3) is 0 Å². The van der Waals surface area contributed by atoms with Crippen LogP contribution in [-0.2, 0) is 4.79 Å². The van der Waals surface area contributed by atoms with Crippen LogP contribution in [0, 0.1) is 0 Å². The van der Waals surface area contributed by atoms with Crippen LogP contribution in [-0.4, -0.2) is 11.1 Å². The number of carbonyl (C=O) groups is 1. The number of aliphatic carboxylic acids is 1. The van der Waals surface area contributed by atoms with Crippen LogP contribution in [0.1, 0.15) is 23.8 Å². The van der Waals surface area contributed by atoms with Crippen LogP contribution in [0.5, 0.6) is 0 Å². The second-order valence-corrected chi connectivity index (χ2v) is 2.05. The van der Waals surface area contributed by atoms with Crippen molar-refractivity contribution in [3.63, 3.8) is 0 Å². The molecule has 1 rings (SSSR count). The van der Waals surface area contributed by atoms with Crippen molar-refractivity contribution in [1.82, 2.24) is 0 Å². The van der Waals surface area contributed by atoms with Crippen molar-refractivity contribution in [3.05, 3.63) is 35.9 Å². The van der Waals surface area contributed by atoms with Crippen molar-refractivity contribution in [2.24, 2.45) is 0 Å². The summed E-state index contributed by atoms with van der Waals surface area (Å²) in [6.07, 6.45) is 0. The summed E-state index contributed by atoms with van der Waals surface area (Å²) in [7, 11) is 0. The number of hydrogen-bond donors (Lipinski definition) is 1. The largest absolute Gasteiger partial charge is 0.481 e. The number of hydrogen-bond acceptors (Lipinski definition) is 1. The van der Waals surface area contributed by atoms with E-state index < -0.39 is 18.7 Å². The Kier molecular flexibility index (Phi) is 1.13. The van der Waals surface area contributed by atoms with Crippen LogP contribution in [0.15, 0.2) is 30.3 Å². The lowest BCUT2D eigenvalue weighted by atomic mass is 10.0. The number of rotatable bonds is 2. The summed E-state index contributed by atoms with van der Waals surface area (Å²) in [5.74, 6) is -4.28. The Labute approximate surface area is 71.1 Å². The van der Waals surface area contributed by atoms with Crippen molar-refractivity contribution in [2.75, 3.05) is 0 Å². The van der Waals surface area contributed by atoms with Gasteiger partial charge in [-0.15, -0.1) is 0 Å². The fourth-order valence-corrected chi connectivity index (χ4v) is 0.728. The van der Waals surface area contributed by atoms with Gasteiger partial charge in [-0.1, -0.05) is 30.3 Å². The maximum atomic E-state index is 10.9. The van der Waals surface area contributed by atoms with E-state index in [4.69, 9.17) is 10.6 Å². The molecule has 0 spiro atoms. The summed E-state index contributed by atoms with van der Waals surface area (Å²) in [4.78, 5) is 10.9. The van der Waals surface area contributed by atoms with E-state index in [9.17, 15) is 4.79 Å². The van der Waals surface area contributed by atoms with Gasteiger partial charge in [-0.3, -0.25) is 4.79 Å². The molecular weight excluding hydrogens is 140 g/mol. The Morgan fingerprint density at radius 2 is 2.27 bits per heavy atom. The van der Waals surface area contributed by atoms with Crippen molar-refractivity contribution >= 4 is 5.97 Å². The predicted octanol–water partition coefficient (Wildman–Crippen LogP) is 1.87. The second-order valence-electron chi connectivity index (χ2n) is 2.05. The van der Waals surface area contributed by atoms with Crippen LogP contribution in [0.3, 0.4) is 0 Å². The molecule has 2 nitrogen and oxygen atoms in total. The summed E-state index contributed by atoms with van der Waals surface area (Å²) in [5.41, 5.74) is -0.0440. The predicted molar refractivity (Wildman–Crippen MR) is 42.5 cm³/mol. The first-order valence-corrected chi connectivity index (χ1v) is 3.09. The highest BCUT2D eigenvalue weighted by Crippen LogP contribution is 2.13. The summed E-state index contributed by atoms with van der Waals surface area (Å²) in [6, 6.07) is 7.30. The average molecular weight is 154 g/mol. The van der Waals surface area contributed by atoms with Gasteiger partial charge in [0.05, 0.1) is 5.89 Å². The third kappa shape index (κ3) is 1.80. The minimum Gasteiger partial charge on any atom is -0.481 e. The Morgan fingerprint density at radius 3 is 2.73 bits per heavy atom. The van der Waals surface area contributed by atoms with Gasteiger partial charge >= 0.3 is 5.97 Å². The Hall–Kier alpha value is -1.31. The van der Waals surface area contributed by atoms with E-state index in [1.807, 2.05) is 0 Å². The van der Waals surface area contributed by atoms with Crippen molar-refractivity contribution in [1.29, 1.82) is 0 Å². The summed E-state index contributed by atoms with van der Waals surface area (Å²) in [5, 5.41) is 8.87. The molecular formula is C9H10O2. The zero-order valence-electron chi connectivity index (χ0n) is 9.74. The Bertz CT molecular complexity index is 360. The molecule has 1 aromatic carbocycles. The topological polar surface area (TPSA) is 37.3 Å². The summed E-state index contributed by atoms with van der Waals surface area (Å²) >= 11 is 0. The molecule has 1 atom stereocenters. The summed E-state index contributed by atoms with van der Waals surface area (Å²) in [6.45, 7) is -2.90. The van der Waals surface area contributed by atoms with Gasteiger partial charge in [-0.2, -0.15) is 0 Å². The zero-order chi connectivity index (χ0) is 11.7. The highest BCUT2D eigenvalue weighted by atomic mass is 16.4. The SMILES string of the molecule is [2H]C([2H])([2H])C([2H])(C(=O)O)c1ccccc1. The first-order valence-electron chi connectivity index (χ1n) is 5.09. The molecule has 0 heterocycles. The first kappa shape index (κ1) is 3.90. The van der Waals surface area contributed by atoms with Crippen LogP contribution in [0.2, 0.25) is 0 Å². The van der Waals surface area contributed by atoms with E-state index in [0.29, 0.717) is 0 Å². The normalized spacial score (nSPS) is 21.8. The van der Waals surface area contributed by atoms with Crippen LogP contribution < -0.4 is 0 Å². The minimum absolute atomic E-state index is 0.0440. The van der Waals surface area contributed by atoms with Crippen molar-refractivity contribution < 1.29 is 15.4 Å². The highest BCUT2D eigenvalue weighted by Gasteiger charge is 2.11. The van der Waals surface area contributed by atoms with Gasteiger partial charge in [0.2, 0.25) is 0 Å². The molecule has 0 aliphatic carbocycles. The van der Waals surface area contributed by atoms with E-state index in [-0.39, 0.29) is 5.56 Å². The molecule has 0 amide bonds. The monoisotopic (exact) mass is 154 g/mol. The van der Waals surface area contributed by atoms with Crippen LogP contribution in [0.25, 0.3) is 0 Å². The summed E-state index contributed by atoms with van der Waals surface area (Å²) < 4.78 is 29.0. The van der Waals surface area contributed by atoms with E-state index >= 15 is 0 Å². The van der Waals surface area contributed by atoms with E-state index in [0.717, 1.165) is 0 Å². The van der Waals surface area contributed by atoms with Gasteiger partial charge in [0.1, 0.15) is 0 Å². The molecule has 1 aromatic rings. The molecule has 0 radical (unpaired) electrons. The van der Waals surface area contributed by atoms with Gasteiger partial charge in [-0.25, -0.2) is 0 Å². The minimum atomic E-state index is -2.90. The van der Waals surface area contributed by atoms with Gasteiger partial charge in [0.15, 0.2) is 0 Å². The fraction of sp³-hybridized carbons (Fsp3) is 0.222. The van der Waals surface area contributed by atoms with E-state index in [2.05, 4.69) is 0 Å². The Morgan fingerprint density at radius 1 is 1.64 bits per heavy atom. The molecule has 0 fully saturated rings. The highest BCUT2D eigenvalue weighted by molar-refractivity contribution is 5.75. The van der Waals surface area contributed by atoms with Gasteiger partial charge in [-0.05, 0) is 12.4 Å². The number of carboxylic acids is 1. The van der Waals surface area contributed by atoms with Crippen LogP contribution in [0.4, 0.5) is 0 Å². The number of carboxylic acid groups (broad SMARTS) is 1. The standard InChI is InChI=1S/C9H10O2/c1-7(9(10)11)8-5-3-2-4-6-8/h2-7H,1H3,(H,10,11)/i1D3,7D. The van der Waals surface area contributed by atoms with Crippen molar-refractivity contribution in [3.8, 4) is 0 Å². The molecule has 0 aromatic heterocycles. The molecule has 1 N–H and O–H groups in total. The quantitative estimate of drug-likeness (QED) is 0.706. The fourth-order valence-electron chi connectivity index (χ4n) is 0.728. The maximum absolute atomic E-state index is 10.9. The van der Waals surface area contributed by atoms with E-state index in [1.165, 1.54) is 24.3 Å². The maximum Gasteiger partial charge on any atom is 0.310 e. The molecule has 0 bridgehead atoms. The third-order valence-corrected chi connectivity index (χ3v) is 1.28. The lowest BCUT2D eigenvalue weighted by molar-refractivity contribution is -0.138.